The van der Waals surface area contributed by atoms with Crippen LogP contribution < -0.4 is 10.1 Å². The molecule has 3 heterocycles. The minimum absolute atomic E-state index is 0.158. The Kier molecular flexibility index (Phi) is 9.40. The second kappa shape index (κ2) is 12.7. The van der Waals surface area contributed by atoms with Crippen LogP contribution in [0.1, 0.15) is 35.6 Å². The fourth-order valence-electron chi connectivity index (χ4n) is 5.12. The van der Waals surface area contributed by atoms with Gasteiger partial charge >= 0.3 is 0 Å². The molecule has 0 amide bonds. The van der Waals surface area contributed by atoms with E-state index in [1.54, 1.807) is 7.05 Å². The highest BCUT2D eigenvalue weighted by atomic mass is 19.3. The first-order chi connectivity index (χ1) is 18.2. The third kappa shape index (κ3) is 6.92. The minimum atomic E-state index is -2.33. The quantitative estimate of drug-likeness (QED) is 0.382. The Morgan fingerprint density at radius 1 is 1.24 bits per heavy atom. The summed E-state index contributed by atoms with van der Waals surface area (Å²) in [5, 5.41) is 17.1. The summed E-state index contributed by atoms with van der Waals surface area (Å²) in [4.78, 5) is 11.8. The van der Waals surface area contributed by atoms with E-state index >= 15 is 0 Å². The molecule has 0 bridgehead atoms. The van der Waals surface area contributed by atoms with Crippen LogP contribution in [0.3, 0.4) is 0 Å². The predicted molar refractivity (Wildman–Crippen MR) is 141 cm³/mol. The monoisotopic (exact) mass is 529 g/mol. The van der Waals surface area contributed by atoms with Crippen LogP contribution in [0.2, 0.25) is 0 Å². The Labute approximate surface area is 222 Å². The van der Waals surface area contributed by atoms with Crippen molar-refractivity contribution in [3.8, 4) is 28.4 Å². The fourth-order valence-corrected chi connectivity index (χ4v) is 5.12. The molecule has 10 heteroatoms. The molecule has 0 radical (unpaired) electrons. The van der Waals surface area contributed by atoms with Crippen molar-refractivity contribution in [1.82, 2.24) is 25.3 Å². The van der Waals surface area contributed by atoms with Gasteiger partial charge in [-0.25, -0.2) is 18.7 Å². The summed E-state index contributed by atoms with van der Waals surface area (Å²) in [6, 6.07) is 7.49. The number of piperidine rings is 1. The normalized spacial score (nSPS) is 17.2. The van der Waals surface area contributed by atoms with Crippen LogP contribution >= 0.6 is 0 Å². The molecule has 1 aliphatic heterocycles. The van der Waals surface area contributed by atoms with E-state index in [2.05, 4.69) is 10.5 Å². The van der Waals surface area contributed by atoms with Gasteiger partial charge in [-0.1, -0.05) is 17.3 Å². The van der Waals surface area contributed by atoms with Gasteiger partial charge in [-0.3, -0.25) is 4.90 Å². The Bertz CT molecular complexity index is 1200. The highest BCUT2D eigenvalue weighted by Crippen LogP contribution is 2.33. The number of benzene rings is 1. The van der Waals surface area contributed by atoms with Gasteiger partial charge in [0.05, 0.1) is 23.5 Å². The van der Waals surface area contributed by atoms with Crippen molar-refractivity contribution in [3.63, 3.8) is 0 Å². The predicted octanol–water partition coefficient (Wildman–Crippen LogP) is 4.20. The van der Waals surface area contributed by atoms with Crippen molar-refractivity contribution >= 4 is 0 Å². The van der Waals surface area contributed by atoms with Gasteiger partial charge in [0, 0.05) is 24.3 Å². The molecule has 1 saturated heterocycles. The molecular weight excluding hydrogens is 492 g/mol. The van der Waals surface area contributed by atoms with Gasteiger partial charge in [0.1, 0.15) is 24.2 Å². The second-order valence-electron chi connectivity index (χ2n) is 10.1. The standard InChI is InChI=1S/C28H37F2N5O3/c1-17-24(11-20-7-6-10-35(14-20)15-25(29)30)32-28(33-27(17)26-18(2)34-38-19(26)3)21-8-5-9-23(12-21)37-16-22(36)13-31-4/h5,8-9,12,20,22,25,31,36H,6-7,10-11,13-16H2,1-4H3. The Hall–Kier alpha value is -2.95. The van der Waals surface area contributed by atoms with Gasteiger partial charge in [-0.05, 0) is 77.2 Å². The Morgan fingerprint density at radius 3 is 2.76 bits per heavy atom. The third-order valence-corrected chi connectivity index (χ3v) is 6.97. The number of aryl methyl sites for hydroxylation is 2. The van der Waals surface area contributed by atoms with Crippen LogP contribution in [-0.4, -0.2) is 77.5 Å². The number of ether oxygens (including phenoxy) is 1. The molecule has 2 unspecified atom stereocenters. The third-order valence-electron chi connectivity index (χ3n) is 6.97. The van der Waals surface area contributed by atoms with Crippen LogP contribution in [-0.2, 0) is 6.42 Å². The lowest BCUT2D eigenvalue weighted by Gasteiger charge is -2.32. The maximum Gasteiger partial charge on any atom is 0.251 e. The number of alkyl halides is 2. The molecule has 2 aromatic heterocycles. The van der Waals surface area contributed by atoms with Gasteiger partial charge in [-0.2, -0.15) is 0 Å². The molecule has 8 nitrogen and oxygen atoms in total. The first-order valence-electron chi connectivity index (χ1n) is 13.1. The summed E-state index contributed by atoms with van der Waals surface area (Å²) in [7, 11) is 1.77. The lowest BCUT2D eigenvalue weighted by molar-refractivity contribution is 0.0647. The van der Waals surface area contributed by atoms with Crippen molar-refractivity contribution in [2.24, 2.45) is 5.92 Å². The molecule has 3 aromatic rings. The average molecular weight is 530 g/mol. The van der Waals surface area contributed by atoms with Crippen molar-refractivity contribution in [2.45, 2.75) is 52.6 Å². The fraction of sp³-hybridized carbons (Fsp3) is 0.536. The SMILES string of the molecule is CNCC(O)COc1cccc(-c2nc(CC3CCCN(CC(F)F)C3)c(C)c(-c3c(C)noc3C)n2)c1. The number of halogens is 2. The minimum Gasteiger partial charge on any atom is -0.491 e. The van der Waals surface area contributed by atoms with E-state index in [9.17, 15) is 13.9 Å². The highest BCUT2D eigenvalue weighted by molar-refractivity contribution is 5.71. The van der Waals surface area contributed by atoms with E-state index < -0.39 is 12.5 Å². The Balaban J connectivity index is 1.68. The summed E-state index contributed by atoms with van der Waals surface area (Å²) < 4.78 is 37.3. The molecule has 1 aliphatic rings. The van der Waals surface area contributed by atoms with Crippen molar-refractivity contribution in [3.05, 3.63) is 47.0 Å². The second-order valence-corrected chi connectivity index (χ2v) is 10.1. The molecule has 1 fully saturated rings. The summed E-state index contributed by atoms with van der Waals surface area (Å²) in [6.45, 7) is 7.49. The summed E-state index contributed by atoms with van der Waals surface area (Å²) in [5.74, 6) is 2.06. The molecule has 1 aromatic carbocycles. The lowest BCUT2D eigenvalue weighted by Crippen LogP contribution is -2.39. The zero-order valence-electron chi connectivity index (χ0n) is 22.5. The number of hydrogen-bond acceptors (Lipinski definition) is 8. The van der Waals surface area contributed by atoms with E-state index in [0.717, 1.165) is 46.6 Å². The lowest BCUT2D eigenvalue weighted by atomic mass is 9.91. The molecule has 0 aliphatic carbocycles. The molecule has 0 spiro atoms. The van der Waals surface area contributed by atoms with Crippen molar-refractivity contribution in [1.29, 1.82) is 0 Å². The van der Waals surface area contributed by atoms with Gasteiger partial charge in [0.15, 0.2) is 5.82 Å². The Morgan fingerprint density at radius 2 is 2.05 bits per heavy atom. The number of aromatic nitrogens is 3. The zero-order valence-corrected chi connectivity index (χ0v) is 22.5. The molecule has 206 valence electrons. The summed E-state index contributed by atoms with van der Waals surface area (Å²) in [6.07, 6.45) is -0.427. The topological polar surface area (TPSA) is 96.5 Å². The number of nitrogens with zero attached hydrogens (tertiary/aromatic N) is 4. The maximum absolute atomic E-state index is 13.0. The van der Waals surface area contributed by atoms with E-state index in [4.69, 9.17) is 19.2 Å². The van der Waals surface area contributed by atoms with Crippen LogP contribution in [0, 0.1) is 26.7 Å². The number of aliphatic hydroxyl groups is 1. The smallest absolute Gasteiger partial charge is 0.251 e. The molecule has 2 N–H and O–H groups in total. The van der Waals surface area contributed by atoms with Crippen LogP contribution in [0.4, 0.5) is 8.78 Å². The zero-order chi connectivity index (χ0) is 27.2. The molecule has 38 heavy (non-hydrogen) atoms. The number of hydrogen-bond donors (Lipinski definition) is 2. The molecule has 4 rings (SSSR count). The van der Waals surface area contributed by atoms with E-state index in [-0.39, 0.29) is 19.1 Å². The number of nitrogens with one attached hydrogen (secondary N) is 1. The number of likely N-dealkylation sites (tertiary alicyclic amines) is 1. The van der Waals surface area contributed by atoms with E-state index in [1.165, 1.54) is 0 Å². The first kappa shape index (κ1) is 28.1. The molecule has 2 atom stereocenters. The van der Waals surface area contributed by atoms with Crippen LogP contribution in [0.25, 0.3) is 22.6 Å². The van der Waals surface area contributed by atoms with Gasteiger partial charge < -0.3 is 19.7 Å². The van der Waals surface area contributed by atoms with Crippen LogP contribution in [0.5, 0.6) is 5.75 Å². The highest BCUT2D eigenvalue weighted by Gasteiger charge is 2.26. The molecular formula is C28H37F2N5O3. The maximum atomic E-state index is 13.0. The number of likely N-dealkylation sites (N-methyl/N-ethyl adjacent to an activating group) is 1. The average Bonchev–Trinajstić information content (AvgIpc) is 3.22. The number of rotatable bonds is 11. The van der Waals surface area contributed by atoms with E-state index in [0.29, 0.717) is 43.4 Å². The number of aliphatic hydroxyl groups excluding tert-OH is 1. The first-order valence-corrected chi connectivity index (χ1v) is 13.1. The largest absolute Gasteiger partial charge is 0.491 e. The van der Waals surface area contributed by atoms with E-state index in [1.807, 2.05) is 49.9 Å². The van der Waals surface area contributed by atoms with Crippen molar-refractivity contribution < 1.29 is 23.1 Å². The summed E-state index contributed by atoms with van der Waals surface area (Å²) >= 11 is 0. The van der Waals surface area contributed by atoms with Gasteiger partial charge in [-0.15, -0.1) is 0 Å². The van der Waals surface area contributed by atoms with Crippen molar-refractivity contribution in [2.75, 3.05) is 39.8 Å². The summed E-state index contributed by atoms with van der Waals surface area (Å²) in [5.41, 5.74) is 4.97. The van der Waals surface area contributed by atoms with Crippen LogP contribution in [0.15, 0.2) is 28.8 Å². The molecule has 0 saturated carbocycles. The van der Waals surface area contributed by atoms with Gasteiger partial charge in [0.25, 0.3) is 6.43 Å². The van der Waals surface area contributed by atoms with Gasteiger partial charge in [0.2, 0.25) is 0 Å².